The van der Waals surface area contributed by atoms with Gasteiger partial charge in [0, 0.05) is 12.8 Å². The lowest BCUT2D eigenvalue weighted by Crippen LogP contribution is -2.28. The molecular formula is C23H44O5. The van der Waals surface area contributed by atoms with E-state index >= 15 is 0 Å². The average Bonchev–Trinajstić information content (AvgIpc) is 2.69. The van der Waals surface area contributed by atoms with E-state index < -0.39 is 6.10 Å². The third-order valence-corrected chi connectivity index (χ3v) is 4.90. The van der Waals surface area contributed by atoms with Gasteiger partial charge < -0.3 is 14.6 Å². The molecule has 0 unspecified atom stereocenters. The van der Waals surface area contributed by atoms with E-state index in [-0.39, 0.29) is 25.2 Å². The summed E-state index contributed by atoms with van der Waals surface area (Å²) < 4.78 is 10.3. The molecule has 0 bridgehead atoms. The molecule has 0 aromatic rings. The first-order valence-corrected chi connectivity index (χ1v) is 11.6. The third kappa shape index (κ3) is 18.3. The SMILES string of the molecule is CCCCCCCCCCCCC(=O)OC[C@H](CO)OC(=O)CCCCCC. The van der Waals surface area contributed by atoms with E-state index in [2.05, 4.69) is 13.8 Å². The fourth-order valence-electron chi connectivity index (χ4n) is 3.08. The van der Waals surface area contributed by atoms with Crippen LogP contribution in [-0.4, -0.2) is 36.4 Å². The fourth-order valence-corrected chi connectivity index (χ4v) is 3.08. The zero-order valence-corrected chi connectivity index (χ0v) is 18.4. The van der Waals surface area contributed by atoms with Crippen LogP contribution >= 0.6 is 0 Å². The average molecular weight is 401 g/mol. The van der Waals surface area contributed by atoms with Crippen LogP contribution in [0.1, 0.15) is 117 Å². The zero-order valence-electron chi connectivity index (χ0n) is 18.4. The van der Waals surface area contributed by atoms with Gasteiger partial charge in [-0.1, -0.05) is 90.9 Å². The number of aliphatic hydroxyl groups excluding tert-OH is 1. The minimum Gasteiger partial charge on any atom is -0.462 e. The molecule has 0 spiro atoms. The van der Waals surface area contributed by atoms with E-state index in [0.29, 0.717) is 12.8 Å². The molecule has 0 aliphatic heterocycles. The Morgan fingerprint density at radius 3 is 1.61 bits per heavy atom. The highest BCUT2D eigenvalue weighted by molar-refractivity contribution is 5.70. The molecule has 0 aliphatic rings. The number of hydrogen-bond donors (Lipinski definition) is 1. The molecule has 0 fully saturated rings. The molecule has 0 saturated carbocycles. The van der Waals surface area contributed by atoms with E-state index in [9.17, 15) is 14.7 Å². The van der Waals surface area contributed by atoms with Crippen molar-refractivity contribution in [3.05, 3.63) is 0 Å². The molecule has 0 aliphatic carbocycles. The van der Waals surface area contributed by atoms with E-state index in [1.807, 2.05) is 0 Å². The molecule has 166 valence electrons. The van der Waals surface area contributed by atoms with Gasteiger partial charge in [0.25, 0.3) is 0 Å². The summed E-state index contributed by atoms with van der Waals surface area (Å²) in [6.45, 7) is 3.96. The first-order valence-electron chi connectivity index (χ1n) is 11.6. The standard InChI is InChI=1S/C23H44O5/c1-3-5-7-9-10-11-12-13-14-16-17-22(25)27-20-21(19-24)28-23(26)18-15-8-6-4-2/h21,24H,3-20H2,1-2H3/t21-/m0/s1. The van der Waals surface area contributed by atoms with Crippen LogP contribution in [0.5, 0.6) is 0 Å². The van der Waals surface area contributed by atoms with E-state index in [1.165, 1.54) is 44.9 Å². The number of rotatable bonds is 20. The van der Waals surface area contributed by atoms with Gasteiger partial charge >= 0.3 is 11.9 Å². The molecule has 5 nitrogen and oxygen atoms in total. The second kappa shape index (κ2) is 20.6. The maximum Gasteiger partial charge on any atom is 0.306 e. The first kappa shape index (κ1) is 26.9. The highest BCUT2D eigenvalue weighted by Gasteiger charge is 2.15. The number of esters is 2. The lowest BCUT2D eigenvalue weighted by Gasteiger charge is -2.15. The van der Waals surface area contributed by atoms with Gasteiger partial charge in [0.15, 0.2) is 6.10 Å². The van der Waals surface area contributed by atoms with Crippen molar-refractivity contribution in [3.8, 4) is 0 Å². The summed E-state index contributed by atoms with van der Waals surface area (Å²) in [5.74, 6) is -0.613. The minimum absolute atomic E-state index is 0.0617. The molecule has 0 amide bonds. The zero-order chi connectivity index (χ0) is 20.9. The van der Waals surface area contributed by atoms with Gasteiger partial charge in [0.05, 0.1) is 6.61 Å². The Kier molecular flexibility index (Phi) is 19.8. The van der Waals surface area contributed by atoms with Crippen molar-refractivity contribution < 1.29 is 24.2 Å². The summed E-state index contributed by atoms with van der Waals surface area (Å²) in [4.78, 5) is 23.5. The second-order valence-electron chi connectivity index (χ2n) is 7.72. The summed E-state index contributed by atoms with van der Waals surface area (Å²) in [5, 5.41) is 9.29. The van der Waals surface area contributed by atoms with Crippen molar-refractivity contribution >= 4 is 11.9 Å². The Morgan fingerprint density at radius 2 is 1.11 bits per heavy atom. The van der Waals surface area contributed by atoms with E-state index in [0.717, 1.165) is 44.9 Å². The van der Waals surface area contributed by atoms with Crippen LogP contribution in [0.2, 0.25) is 0 Å². The maximum atomic E-state index is 11.8. The molecule has 0 aromatic heterocycles. The van der Waals surface area contributed by atoms with Gasteiger partial charge in [-0.2, -0.15) is 0 Å². The minimum atomic E-state index is -0.754. The van der Waals surface area contributed by atoms with Crippen LogP contribution in [0.3, 0.4) is 0 Å². The normalized spacial score (nSPS) is 12.0. The molecule has 5 heteroatoms. The van der Waals surface area contributed by atoms with Crippen molar-refractivity contribution in [1.82, 2.24) is 0 Å². The van der Waals surface area contributed by atoms with Crippen molar-refractivity contribution in [2.75, 3.05) is 13.2 Å². The topological polar surface area (TPSA) is 72.8 Å². The molecule has 1 N–H and O–H groups in total. The number of carbonyl (C=O) groups is 2. The monoisotopic (exact) mass is 400 g/mol. The second-order valence-corrected chi connectivity index (χ2v) is 7.72. The number of aliphatic hydroxyl groups is 1. The Labute approximate surface area is 172 Å². The molecule has 28 heavy (non-hydrogen) atoms. The van der Waals surface area contributed by atoms with Crippen LogP contribution in [0.4, 0.5) is 0 Å². The van der Waals surface area contributed by atoms with Gasteiger partial charge in [-0.05, 0) is 12.8 Å². The summed E-state index contributed by atoms with van der Waals surface area (Å²) >= 11 is 0. The Morgan fingerprint density at radius 1 is 0.679 bits per heavy atom. The molecule has 0 aromatic carbocycles. The number of unbranched alkanes of at least 4 members (excludes halogenated alkanes) is 12. The maximum absolute atomic E-state index is 11.8. The number of carbonyl (C=O) groups excluding carboxylic acids is 2. The summed E-state index contributed by atoms with van der Waals surface area (Å²) in [7, 11) is 0. The van der Waals surface area contributed by atoms with Crippen LogP contribution < -0.4 is 0 Å². The van der Waals surface area contributed by atoms with E-state index in [4.69, 9.17) is 9.47 Å². The quantitative estimate of drug-likeness (QED) is 0.209. The Hall–Kier alpha value is -1.10. The highest BCUT2D eigenvalue weighted by Crippen LogP contribution is 2.12. The summed E-state index contributed by atoms with van der Waals surface area (Å²) in [6.07, 6.45) is 16.2. The third-order valence-electron chi connectivity index (χ3n) is 4.90. The van der Waals surface area contributed by atoms with Crippen molar-refractivity contribution in [3.63, 3.8) is 0 Å². The van der Waals surface area contributed by atoms with Gasteiger partial charge in [-0.15, -0.1) is 0 Å². The summed E-state index contributed by atoms with van der Waals surface area (Å²) in [5.41, 5.74) is 0. The Bertz CT molecular complexity index is 370. The summed E-state index contributed by atoms with van der Waals surface area (Å²) in [6, 6.07) is 0. The van der Waals surface area contributed by atoms with Gasteiger partial charge in [0.2, 0.25) is 0 Å². The highest BCUT2D eigenvalue weighted by atomic mass is 16.6. The largest absolute Gasteiger partial charge is 0.462 e. The molecule has 0 heterocycles. The Balaban J connectivity index is 3.60. The molecule has 0 saturated heterocycles. The van der Waals surface area contributed by atoms with Gasteiger partial charge in [-0.3, -0.25) is 9.59 Å². The lowest BCUT2D eigenvalue weighted by atomic mass is 10.1. The number of ether oxygens (including phenoxy) is 2. The van der Waals surface area contributed by atoms with Crippen LogP contribution in [0.15, 0.2) is 0 Å². The van der Waals surface area contributed by atoms with Crippen LogP contribution in [0.25, 0.3) is 0 Å². The van der Waals surface area contributed by atoms with Crippen LogP contribution in [0, 0.1) is 0 Å². The van der Waals surface area contributed by atoms with Gasteiger partial charge in [0.1, 0.15) is 6.61 Å². The molecule has 1 atom stereocenters. The molecule has 0 radical (unpaired) electrons. The molecular weight excluding hydrogens is 356 g/mol. The number of hydrogen-bond acceptors (Lipinski definition) is 5. The van der Waals surface area contributed by atoms with Gasteiger partial charge in [-0.25, -0.2) is 0 Å². The van der Waals surface area contributed by atoms with Crippen molar-refractivity contribution in [1.29, 1.82) is 0 Å². The van der Waals surface area contributed by atoms with E-state index in [1.54, 1.807) is 0 Å². The van der Waals surface area contributed by atoms with Crippen LogP contribution in [-0.2, 0) is 19.1 Å². The smallest absolute Gasteiger partial charge is 0.306 e. The lowest BCUT2D eigenvalue weighted by molar-refractivity contribution is -0.161. The van der Waals surface area contributed by atoms with Crippen molar-refractivity contribution in [2.45, 2.75) is 123 Å². The van der Waals surface area contributed by atoms with Crippen molar-refractivity contribution in [2.24, 2.45) is 0 Å². The first-order chi connectivity index (χ1) is 13.6. The molecule has 0 rings (SSSR count). The predicted octanol–water partition coefficient (Wildman–Crippen LogP) is 5.72. The fraction of sp³-hybridized carbons (Fsp3) is 0.913. The predicted molar refractivity (Wildman–Crippen MR) is 113 cm³/mol.